The summed E-state index contributed by atoms with van der Waals surface area (Å²) in [6, 6.07) is 9.20. The average Bonchev–Trinajstić information content (AvgIpc) is 2.91. The summed E-state index contributed by atoms with van der Waals surface area (Å²) in [7, 11) is 1.58. The van der Waals surface area contributed by atoms with E-state index in [1.54, 1.807) is 19.4 Å². The smallest absolute Gasteiger partial charge is 0.320 e. The normalized spacial score (nSPS) is 17.8. The van der Waals surface area contributed by atoms with Gasteiger partial charge in [-0.3, -0.25) is 4.90 Å². The maximum atomic E-state index is 5.72. The van der Waals surface area contributed by atoms with Crippen molar-refractivity contribution in [3.05, 3.63) is 41.9 Å². The Kier molecular flexibility index (Phi) is 4.60. The quantitative estimate of drug-likeness (QED) is 0.679. The topological polar surface area (TPSA) is 65.3 Å². The first-order chi connectivity index (χ1) is 13.8. The van der Waals surface area contributed by atoms with Crippen molar-refractivity contribution in [2.45, 2.75) is 44.9 Å². The van der Waals surface area contributed by atoms with Crippen LogP contribution in [0.5, 0.6) is 11.9 Å². The largest absolute Gasteiger partial charge is 0.481 e. The molecule has 0 radical (unpaired) electrons. The van der Waals surface area contributed by atoms with Crippen LogP contribution in [0.3, 0.4) is 0 Å². The summed E-state index contributed by atoms with van der Waals surface area (Å²) < 4.78 is 13.2. The first-order valence-electron chi connectivity index (χ1n) is 10.0. The summed E-state index contributed by atoms with van der Waals surface area (Å²) in [6.07, 6.45) is 6.77. The van der Waals surface area contributed by atoms with E-state index in [1.165, 1.54) is 30.6 Å². The molecule has 5 rings (SSSR count). The Labute approximate surface area is 164 Å². The van der Waals surface area contributed by atoms with Gasteiger partial charge in [0.2, 0.25) is 5.88 Å². The third-order valence-electron chi connectivity index (χ3n) is 5.90. The molecule has 0 spiro atoms. The van der Waals surface area contributed by atoms with Crippen LogP contribution in [0.2, 0.25) is 0 Å². The lowest BCUT2D eigenvalue weighted by Crippen LogP contribution is -2.41. The van der Waals surface area contributed by atoms with Crippen LogP contribution < -0.4 is 9.47 Å². The van der Waals surface area contributed by atoms with Crippen molar-refractivity contribution in [1.29, 1.82) is 0 Å². The number of fused-ring (bicyclic) bond motifs is 3. The molecule has 7 nitrogen and oxygen atoms in total. The van der Waals surface area contributed by atoms with Crippen molar-refractivity contribution >= 4 is 11.0 Å². The van der Waals surface area contributed by atoms with Crippen LogP contribution in [0.25, 0.3) is 11.0 Å². The van der Waals surface area contributed by atoms with Crippen molar-refractivity contribution in [3.63, 3.8) is 0 Å². The maximum Gasteiger partial charge on any atom is 0.320 e. The summed E-state index contributed by atoms with van der Waals surface area (Å²) >= 11 is 0. The zero-order valence-electron chi connectivity index (χ0n) is 16.2. The van der Waals surface area contributed by atoms with Crippen LogP contribution in [-0.4, -0.2) is 50.7 Å². The number of hydrogen-bond acceptors (Lipinski definition) is 6. The molecule has 2 aromatic heterocycles. The molecule has 1 aliphatic heterocycles. The van der Waals surface area contributed by atoms with Gasteiger partial charge in [0.25, 0.3) is 0 Å². The van der Waals surface area contributed by atoms with Crippen LogP contribution in [0.1, 0.15) is 30.7 Å². The van der Waals surface area contributed by atoms with E-state index in [1.807, 2.05) is 0 Å². The van der Waals surface area contributed by atoms with Crippen LogP contribution in [0, 0.1) is 0 Å². The van der Waals surface area contributed by atoms with E-state index in [0.717, 1.165) is 43.2 Å². The van der Waals surface area contributed by atoms with E-state index < -0.39 is 0 Å². The van der Waals surface area contributed by atoms with E-state index in [-0.39, 0.29) is 0 Å². The molecule has 0 amide bonds. The molecular weight excluding hydrogens is 354 g/mol. The fourth-order valence-corrected chi connectivity index (χ4v) is 4.11. The van der Waals surface area contributed by atoms with Crippen molar-refractivity contribution in [2.75, 3.05) is 20.2 Å². The van der Waals surface area contributed by atoms with Gasteiger partial charge in [0.1, 0.15) is 12.4 Å². The van der Waals surface area contributed by atoms with Gasteiger partial charge in [-0.1, -0.05) is 12.5 Å². The van der Waals surface area contributed by atoms with E-state index in [0.29, 0.717) is 18.5 Å². The van der Waals surface area contributed by atoms with Gasteiger partial charge < -0.3 is 14.0 Å². The summed E-state index contributed by atoms with van der Waals surface area (Å²) in [5, 5.41) is 0. The highest BCUT2D eigenvalue weighted by Gasteiger charge is 2.27. The first-order valence-corrected chi connectivity index (χ1v) is 10.0. The Morgan fingerprint density at radius 2 is 2.04 bits per heavy atom. The first kappa shape index (κ1) is 17.4. The molecule has 7 heteroatoms. The second-order valence-corrected chi connectivity index (χ2v) is 7.54. The number of imidazole rings is 1. The molecule has 28 heavy (non-hydrogen) atoms. The van der Waals surface area contributed by atoms with Gasteiger partial charge in [-0.2, -0.15) is 4.98 Å². The molecule has 1 saturated carbocycles. The van der Waals surface area contributed by atoms with Crippen LogP contribution in [0.4, 0.5) is 0 Å². The second-order valence-electron chi connectivity index (χ2n) is 7.54. The van der Waals surface area contributed by atoms with Gasteiger partial charge in [-0.15, -0.1) is 0 Å². The number of aromatic nitrogens is 4. The third kappa shape index (κ3) is 3.30. The average molecular weight is 379 g/mol. The minimum absolute atomic E-state index is 0.316. The minimum Gasteiger partial charge on any atom is -0.481 e. The maximum absolute atomic E-state index is 5.72. The molecule has 146 valence electrons. The Morgan fingerprint density at radius 1 is 1.11 bits per heavy atom. The molecule has 1 aromatic carbocycles. The van der Waals surface area contributed by atoms with E-state index in [2.05, 4.69) is 37.6 Å². The lowest BCUT2D eigenvalue weighted by Gasteiger charge is -2.36. The molecule has 1 fully saturated rings. The summed E-state index contributed by atoms with van der Waals surface area (Å²) in [5.41, 5.74) is 3.31. The minimum atomic E-state index is 0.316. The van der Waals surface area contributed by atoms with Crippen LogP contribution in [-0.2, 0) is 19.6 Å². The lowest BCUT2D eigenvalue weighted by molar-refractivity contribution is 0.130. The molecular formula is C21H25N5O2. The van der Waals surface area contributed by atoms with Gasteiger partial charge >= 0.3 is 6.01 Å². The predicted molar refractivity (Wildman–Crippen MR) is 106 cm³/mol. The zero-order chi connectivity index (χ0) is 18.9. The monoisotopic (exact) mass is 379 g/mol. The SMILES string of the molecule is COc1ccnc(OCc2ccc3c(c2)nc2n3CCN(C3CCC3)CC2)n1. The molecule has 0 saturated heterocycles. The summed E-state index contributed by atoms with van der Waals surface area (Å²) in [5.74, 6) is 1.69. The highest BCUT2D eigenvalue weighted by Crippen LogP contribution is 2.27. The predicted octanol–water partition coefficient (Wildman–Crippen LogP) is 2.82. The van der Waals surface area contributed by atoms with Crippen molar-refractivity contribution in [2.24, 2.45) is 0 Å². The summed E-state index contributed by atoms with van der Waals surface area (Å²) in [6.45, 7) is 3.68. The molecule has 0 atom stereocenters. The van der Waals surface area contributed by atoms with Gasteiger partial charge in [0.05, 0.1) is 18.1 Å². The highest BCUT2D eigenvalue weighted by atomic mass is 16.5. The summed E-state index contributed by atoms with van der Waals surface area (Å²) in [4.78, 5) is 15.9. The number of ether oxygens (including phenoxy) is 2. The van der Waals surface area contributed by atoms with Gasteiger partial charge in [-0.25, -0.2) is 9.97 Å². The third-order valence-corrected chi connectivity index (χ3v) is 5.90. The molecule has 3 aromatic rings. The molecule has 0 bridgehead atoms. The van der Waals surface area contributed by atoms with Gasteiger partial charge in [-0.05, 0) is 30.5 Å². The fraction of sp³-hybridized carbons (Fsp3) is 0.476. The fourth-order valence-electron chi connectivity index (χ4n) is 4.11. The Morgan fingerprint density at radius 3 is 2.86 bits per heavy atom. The van der Waals surface area contributed by atoms with E-state index >= 15 is 0 Å². The standard InChI is InChI=1S/C21H25N5O2/c1-27-20-7-9-22-21(24-20)28-14-15-5-6-18-17(13-15)23-19-8-10-25(11-12-26(18)19)16-3-2-4-16/h5-7,9,13,16H,2-4,8,10-12,14H2,1H3. The second kappa shape index (κ2) is 7.39. The van der Waals surface area contributed by atoms with Crippen LogP contribution >= 0.6 is 0 Å². The van der Waals surface area contributed by atoms with Crippen molar-refractivity contribution < 1.29 is 9.47 Å². The lowest BCUT2D eigenvalue weighted by atomic mass is 9.91. The number of methoxy groups -OCH3 is 1. The van der Waals surface area contributed by atoms with Crippen molar-refractivity contribution in [1.82, 2.24) is 24.4 Å². The number of nitrogens with zero attached hydrogens (tertiary/aromatic N) is 5. The molecule has 1 aliphatic carbocycles. The Hall–Kier alpha value is -2.67. The van der Waals surface area contributed by atoms with E-state index in [9.17, 15) is 0 Å². The number of rotatable bonds is 5. The van der Waals surface area contributed by atoms with Crippen molar-refractivity contribution in [3.8, 4) is 11.9 Å². The van der Waals surface area contributed by atoms with E-state index in [4.69, 9.17) is 14.5 Å². The zero-order valence-corrected chi connectivity index (χ0v) is 16.2. The molecule has 2 aliphatic rings. The highest BCUT2D eigenvalue weighted by molar-refractivity contribution is 5.77. The van der Waals surface area contributed by atoms with Crippen LogP contribution in [0.15, 0.2) is 30.5 Å². The number of benzene rings is 1. The molecule has 0 unspecified atom stereocenters. The van der Waals surface area contributed by atoms with Gasteiger partial charge in [0.15, 0.2) is 0 Å². The molecule has 0 N–H and O–H groups in total. The number of hydrogen-bond donors (Lipinski definition) is 0. The Bertz CT molecular complexity index is 982. The Balaban J connectivity index is 1.31. The molecule has 3 heterocycles. The van der Waals surface area contributed by atoms with Gasteiger partial charge in [0, 0.05) is 44.4 Å².